The summed E-state index contributed by atoms with van der Waals surface area (Å²) in [6, 6.07) is 17.7. The number of alkyl halides is 1. The Balaban J connectivity index is 1.23. The number of aliphatic carboxylic acids is 1. The standard InChI is InChI=1S/C31H33FO7/c1-18-10-25(37-17-24-7-9-27(33)31(32)39-24)11-19(2)30(18)21-5-3-4-20(12-21)15-36-23-6-8-26-22(13-29(34)35)16-38-28(26)14-23/h3-6,8,10-12,14,22,24,27,31,33H,7,9,13,15-17H2,1-2H3,(H,34,35). The number of carboxylic acid groups (broad SMARTS) is 1. The lowest BCUT2D eigenvalue weighted by atomic mass is 9.94. The predicted octanol–water partition coefficient (Wildman–Crippen LogP) is 5.71. The van der Waals surface area contributed by atoms with Crippen LogP contribution in [-0.2, 0) is 16.1 Å². The van der Waals surface area contributed by atoms with Crippen molar-refractivity contribution in [1.29, 1.82) is 0 Å². The van der Waals surface area contributed by atoms with Crippen LogP contribution in [0.25, 0.3) is 11.1 Å². The minimum Gasteiger partial charge on any atom is -0.492 e. The lowest BCUT2D eigenvalue weighted by Gasteiger charge is -2.29. The van der Waals surface area contributed by atoms with Gasteiger partial charge in [0, 0.05) is 17.5 Å². The van der Waals surface area contributed by atoms with Crippen molar-refractivity contribution in [2.75, 3.05) is 13.2 Å². The van der Waals surface area contributed by atoms with Crippen LogP contribution in [0, 0.1) is 13.8 Å². The summed E-state index contributed by atoms with van der Waals surface area (Å²) < 4.78 is 36.5. The monoisotopic (exact) mass is 536 g/mol. The molecule has 0 radical (unpaired) electrons. The molecule has 0 aliphatic carbocycles. The number of carbonyl (C=O) groups is 1. The Morgan fingerprint density at radius 2 is 1.82 bits per heavy atom. The predicted molar refractivity (Wildman–Crippen MR) is 143 cm³/mol. The number of rotatable bonds is 9. The van der Waals surface area contributed by atoms with Crippen LogP contribution in [-0.4, -0.2) is 48.0 Å². The summed E-state index contributed by atoms with van der Waals surface area (Å²) in [5, 5.41) is 18.6. The maximum atomic E-state index is 13.6. The normalized spacial score (nSPS) is 22.2. The van der Waals surface area contributed by atoms with Gasteiger partial charge in [0.05, 0.1) is 19.1 Å². The van der Waals surface area contributed by atoms with Crippen LogP contribution in [0.15, 0.2) is 54.6 Å². The molecule has 39 heavy (non-hydrogen) atoms. The van der Waals surface area contributed by atoms with E-state index in [0.717, 1.165) is 33.4 Å². The molecule has 2 aliphatic rings. The van der Waals surface area contributed by atoms with Crippen molar-refractivity contribution in [1.82, 2.24) is 0 Å². The van der Waals surface area contributed by atoms with Gasteiger partial charge < -0.3 is 29.2 Å². The van der Waals surface area contributed by atoms with Gasteiger partial charge in [0.1, 0.15) is 36.6 Å². The van der Waals surface area contributed by atoms with Crippen LogP contribution in [0.1, 0.15) is 47.4 Å². The van der Waals surface area contributed by atoms with E-state index < -0.39 is 18.4 Å². The molecule has 2 aliphatic heterocycles. The lowest BCUT2D eigenvalue weighted by molar-refractivity contribution is -0.182. The van der Waals surface area contributed by atoms with Gasteiger partial charge in [-0.15, -0.1) is 0 Å². The van der Waals surface area contributed by atoms with Crippen molar-refractivity contribution in [2.45, 2.75) is 64.2 Å². The second-order valence-corrected chi connectivity index (χ2v) is 10.3. The van der Waals surface area contributed by atoms with Gasteiger partial charge >= 0.3 is 5.97 Å². The zero-order chi connectivity index (χ0) is 27.5. The van der Waals surface area contributed by atoms with Crippen LogP contribution in [0.3, 0.4) is 0 Å². The largest absolute Gasteiger partial charge is 0.492 e. The smallest absolute Gasteiger partial charge is 0.304 e. The summed E-state index contributed by atoms with van der Waals surface area (Å²) in [5.41, 5.74) is 6.20. The highest BCUT2D eigenvalue weighted by Gasteiger charge is 2.30. The number of aliphatic hydroxyl groups is 1. The fourth-order valence-electron chi connectivity index (χ4n) is 5.31. The number of hydrogen-bond donors (Lipinski definition) is 2. The highest BCUT2D eigenvalue weighted by molar-refractivity contribution is 5.72. The molecule has 0 amide bonds. The van der Waals surface area contributed by atoms with E-state index in [9.17, 15) is 14.3 Å². The average Bonchev–Trinajstić information content (AvgIpc) is 3.29. The van der Waals surface area contributed by atoms with Crippen molar-refractivity contribution in [3.8, 4) is 28.4 Å². The number of aryl methyl sites for hydroxylation is 2. The number of aliphatic hydroxyl groups excluding tert-OH is 1. The molecule has 4 atom stereocenters. The molecule has 0 saturated carbocycles. The summed E-state index contributed by atoms with van der Waals surface area (Å²) in [6.45, 7) is 5.03. The van der Waals surface area contributed by atoms with Gasteiger partial charge in [-0.1, -0.05) is 24.3 Å². The van der Waals surface area contributed by atoms with Crippen molar-refractivity contribution in [2.24, 2.45) is 0 Å². The fourth-order valence-corrected chi connectivity index (χ4v) is 5.31. The van der Waals surface area contributed by atoms with E-state index in [4.69, 9.17) is 24.1 Å². The summed E-state index contributed by atoms with van der Waals surface area (Å²) in [5.74, 6) is 1.07. The summed E-state index contributed by atoms with van der Waals surface area (Å²) in [6.07, 6.45) is -2.15. The number of fused-ring (bicyclic) bond motifs is 1. The summed E-state index contributed by atoms with van der Waals surface area (Å²) >= 11 is 0. The van der Waals surface area contributed by atoms with Gasteiger partial charge in [-0.05, 0) is 78.8 Å². The molecule has 4 unspecified atom stereocenters. The molecule has 5 rings (SSSR count). The summed E-state index contributed by atoms with van der Waals surface area (Å²) in [7, 11) is 0. The Morgan fingerprint density at radius 3 is 2.56 bits per heavy atom. The van der Waals surface area contributed by atoms with E-state index >= 15 is 0 Å². The zero-order valence-corrected chi connectivity index (χ0v) is 22.1. The molecule has 1 fully saturated rings. The second-order valence-electron chi connectivity index (χ2n) is 10.3. The molecule has 206 valence electrons. The molecule has 2 heterocycles. The Bertz CT molecular complexity index is 1320. The van der Waals surface area contributed by atoms with Crippen molar-refractivity contribution >= 4 is 5.97 Å². The fraction of sp³-hybridized carbons (Fsp3) is 0.387. The maximum absolute atomic E-state index is 13.6. The number of halogens is 1. The molecule has 1 saturated heterocycles. The highest BCUT2D eigenvalue weighted by Crippen LogP contribution is 2.38. The third-order valence-electron chi connectivity index (χ3n) is 7.26. The molecule has 8 heteroatoms. The maximum Gasteiger partial charge on any atom is 0.304 e. The van der Waals surface area contributed by atoms with Crippen LogP contribution in [0.4, 0.5) is 4.39 Å². The van der Waals surface area contributed by atoms with E-state index in [0.29, 0.717) is 43.3 Å². The number of ether oxygens (including phenoxy) is 4. The highest BCUT2D eigenvalue weighted by atomic mass is 19.1. The first kappa shape index (κ1) is 27.0. The zero-order valence-electron chi connectivity index (χ0n) is 22.1. The number of hydrogen-bond acceptors (Lipinski definition) is 6. The summed E-state index contributed by atoms with van der Waals surface area (Å²) in [4.78, 5) is 11.1. The first-order valence-electron chi connectivity index (χ1n) is 13.2. The van der Waals surface area contributed by atoms with Gasteiger partial charge in [0.2, 0.25) is 6.36 Å². The van der Waals surface area contributed by atoms with Gasteiger partial charge in [0.25, 0.3) is 0 Å². The molecule has 0 spiro atoms. The average molecular weight is 537 g/mol. The Morgan fingerprint density at radius 1 is 1.03 bits per heavy atom. The molecule has 0 bridgehead atoms. The van der Waals surface area contributed by atoms with Gasteiger partial charge in [0.15, 0.2) is 0 Å². The molecule has 2 N–H and O–H groups in total. The SMILES string of the molecule is Cc1cc(OCC2CCC(O)C(F)O2)cc(C)c1-c1cccc(COc2ccc3c(c2)OCC3CC(=O)O)c1. The molecule has 3 aromatic rings. The third-order valence-corrected chi connectivity index (χ3v) is 7.26. The number of benzene rings is 3. The Kier molecular flexibility index (Phi) is 8.04. The van der Waals surface area contributed by atoms with E-state index in [1.54, 1.807) is 0 Å². The van der Waals surface area contributed by atoms with Crippen LogP contribution in [0.2, 0.25) is 0 Å². The minimum absolute atomic E-state index is 0.0471. The van der Waals surface area contributed by atoms with E-state index in [-0.39, 0.29) is 25.0 Å². The Hall–Kier alpha value is -3.62. The second kappa shape index (κ2) is 11.6. The van der Waals surface area contributed by atoms with Gasteiger partial charge in [-0.2, -0.15) is 0 Å². The topological polar surface area (TPSA) is 94.5 Å². The lowest BCUT2D eigenvalue weighted by Crippen LogP contribution is -2.38. The molecule has 0 aromatic heterocycles. The Labute approximate surface area is 227 Å². The third kappa shape index (κ3) is 6.34. The van der Waals surface area contributed by atoms with Crippen molar-refractivity contribution in [3.63, 3.8) is 0 Å². The van der Waals surface area contributed by atoms with Crippen LogP contribution < -0.4 is 14.2 Å². The van der Waals surface area contributed by atoms with E-state index in [1.807, 2.05) is 56.3 Å². The van der Waals surface area contributed by atoms with Gasteiger partial charge in [-0.3, -0.25) is 4.79 Å². The number of carboxylic acids is 1. The van der Waals surface area contributed by atoms with E-state index in [2.05, 4.69) is 12.1 Å². The quantitative estimate of drug-likeness (QED) is 0.362. The molecule has 3 aromatic carbocycles. The van der Waals surface area contributed by atoms with Crippen LogP contribution in [0.5, 0.6) is 17.2 Å². The molecule has 7 nitrogen and oxygen atoms in total. The van der Waals surface area contributed by atoms with Gasteiger partial charge in [-0.25, -0.2) is 4.39 Å². The van der Waals surface area contributed by atoms with E-state index in [1.165, 1.54) is 0 Å². The first-order valence-corrected chi connectivity index (χ1v) is 13.2. The molecular weight excluding hydrogens is 503 g/mol. The van der Waals surface area contributed by atoms with Crippen molar-refractivity contribution < 1.29 is 38.3 Å². The molecular formula is C31H33FO7. The minimum atomic E-state index is -1.67. The van der Waals surface area contributed by atoms with Crippen molar-refractivity contribution in [3.05, 3.63) is 76.9 Å². The first-order chi connectivity index (χ1) is 18.8. The van der Waals surface area contributed by atoms with Crippen LogP contribution >= 0.6 is 0 Å².